The molecule has 34 heavy (non-hydrogen) atoms. The number of pyridine rings is 1. The van der Waals surface area contributed by atoms with Gasteiger partial charge in [0.25, 0.3) is 0 Å². The Balaban J connectivity index is 1.76. The summed E-state index contributed by atoms with van der Waals surface area (Å²) in [6.07, 6.45) is 1.59. The Morgan fingerprint density at radius 2 is 1.85 bits per heavy atom. The molecule has 8 heteroatoms. The number of aromatic nitrogens is 2. The Morgan fingerprint density at radius 3 is 2.56 bits per heavy atom. The summed E-state index contributed by atoms with van der Waals surface area (Å²) in [4.78, 5) is 28.4. The van der Waals surface area contributed by atoms with Gasteiger partial charge in [0.05, 0.1) is 11.6 Å². The lowest BCUT2D eigenvalue weighted by atomic mass is 9.93. The molecule has 2 aromatic carbocycles. The van der Waals surface area contributed by atoms with Gasteiger partial charge in [0.2, 0.25) is 0 Å². The van der Waals surface area contributed by atoms with Gasteiger partial charge in [-0.05, 0) is 56.7 Å². The van der Waals surface area contributed by atoms with E-state index in [1.54, 1.807) is 33.0 Å². The monoisotopic (exact) mass is 459 g/mol. The smallest absolute Gasteiger partial charge is 0.408 e. The van der Waals surface area contributed by atoms with Crippen LogP contribution in [0.15, 0.2) is 71.4 Å². The van der Waals surface area contributed by atoms with Crippen molar-refractivity contribution in [2.75, 3.05) is 0 Å². The fraction of sp³-hybridized carbons (Fsp3) is 0.231. The average Bonchev–Trinajstić information content (AvgIpc) is 3.21. The lowest BCUT2D eigenvalue weighted by Crippen LogP contribution is -2.36. The molecular weight excluding hydrogens is 434 g/mol. The second-order valence-electron chi connectivity index (χ2n) is 8.86. The first kappa shape index (κ1) is 23.0. The quantitative estimate of drug-likeness (QED) is 0.397. The van der Waals surface area contributed by atoms with Gasteiger partial charge < -0.3 is 19.7 Å². The Morgan fingerprint density at radius 1 is 1.09 bits per heavy atom. The second kappa shape index (κ2) is 9.35. The number of benzene rings is 2. The first-order chi connectivity index (χ1) is 16.2. The van der Waals surface area contributed by atoms with Crippen LogP contribution in [0.4, 0.5) is 4.79 Å². The van der Waals surface area contributed by atoms with Gasteiger partial charge in [0.15, 0.2) is 5.58 Å². The van der Waals surface area contributed by atoms with Crippen molar-refractivity contribution >= 4 is 23.0 Å². The zero-order valence-electron chi connectivity index (χ0n) is 19.1. The second-order valence-corrected chi connectivity index (χ2v) is 8.86. The Bertz CT molecular complexity index is 1330. The first-order valence-corrected chi connectivity index (χ1v) is 10.8. The van der Waals surface area contributed by atoms with Crippen LogP contribution in [0.5, 0.6) is 0 Å². The summed E-state index contributed by atoms with van der Waals surface area (Å²) >= 11 is 0. The molecule has 2 heterocycles. The summed E-state index contributed by atoms with van der Waals surface area (Å²) < 4.78 is 11.0. The summed E-state index contributed by atoms with van der Waals surface area (Å²) in [7, 11) is 0. The number of nitrogens with zero attached hydrogens (tertiary/aromatic N) is 2. The number of ether oxygens (including phenoxy) is 1. The van der Waals surface area contributed by atoms with Crippen LogP contribution in [0.1, 0.15) is 48.4 Å². The van der Waals surface area contributed by atoms with E-state index in [0.717, 1.165) is 16.8 Å². The van der Waals surface area contributed by atoms with E-state index in [9.17, 15) is 14.7 Å². The van der Waals surface area contributed by atoms with Crippen molar-refractivity contribution in [1.29, 1.82) is 0 Å². The number of carboxylic acid groups (broad SMARTS) is 1. The molecule has 1 atom stereocenters. The maximum atomic E-state index is 12.7. The number of hydrogen-bond donors (Lipinski definition) is 2. The number of nitrogens with one attached hydrogen (secondary N) is 1. The number of aromatic carboxylic acids is 1. The third-order valence-corrected chi connectivity index (χ3v) is 5.14. The molecule has 0 saturated heterocycles. The molecule has 2 N–H and O–H groups in total. The number of alkyl carbamates (subject to hydrolysis) is 1. The van der Waals surface area contributed by atoms with Crippen LogP contribution >= 0.6 is 0 Å². The topological polar surface area (TPSA) is 115 Å². The van der Waals surface area contributed by atoms with Crippen LogP contribution in [0.2, 0.25) is 0 Å². The van der Waals surface area contributed by atoms with Gasteiger partial charge in [-0.2, -0.15) is 0 Å². The number of fused-ring (bicyclic) bond motifs is 1. The van der Waals surface area contributed by atoms with Crippen molar-refractivity contribution in [3.8, 4) is 11.3 Å². The average molecular weight is 460 g/mol. The molecule has 0 aliphatic heterocycles. The molecule has 1 unspecified atom stereocenters. The molecule has 174 valence electrons. The Labute approximate surface area is 196 Å². The fourth-order valence-electron chi connectivity index (χ4n) is 3.70. The van der Waals surface area contributed by atoms with Crippen LogP contribution in [0.3, 0.4) is 0 Å². The van der Waals surface area contributed by atoms with Crippen LogP contribution in [-0.2, 0) is 11.2 Å². The molecule has 8 nitrogen and oxygen atoms in total. The minimum absolute atomic E-state index is 0.114. The van der Waals surface area contributed by atoms with E-state index in [2.05, 4.69) is 15.5 Å². The minimum Gasteiger partial charge on any atom is -0.478 e. The molecule has 0 radical (unpaired) electrons. The summed E-state index contributed by atoms with van der Waals surface area (Å²) in [6.45, 7) is 5.42. The summed E-state index contributed by atoms with van der Waals surface area (Å²) in [5.74, 6) is -1.04. The van der Waals surface area contributed by atoms with Gasteiger partial charge in [-0.3, -0.25) is 4.98 Å². The van der Waals surface area contributed by atoms with Crippen molar-refractivity contribution in [3.63, 3.8) is 0 Å². The summed E-state index contributed by atoms with van der Waals surface area (Å²) in [5.41, 5.74) is 2.74. The van der Waals surface area contributed by atoms with Crippen LogP contribution in [0.25, 0.3) is 22.2 Å². The summed E-state index contributed by atoms with van der Waals surface area (Å²) in [5, 5.41) is 17.1. The normalized spacial score (nSPS) is 12.3. The van der Waals surface area contributed by atoms with Gasteiger partial charge in [0.1, 0.15) is 11.3 Å². The number of carbonyl (C=O) groups excluding carboxylic acids is 1. The number of carbonyl (C=O) groups is 2. The van der Waals surface area contributed by atoms with Crippen molar-refractivity contribution < 1.29 is 24.0 Å². The number of hydrogen-bond acceptors (Lipinski definition) is 6. The van der Waals surface area contributed by atoms with Crippen molar-refractivity contribution in [2.45, 2.75) is 38.8 Å². The van der Waals surface area contributed by atoms with Crippen molar-refractivity contribution in [3.05, 3.63) is 83.7 Å². The summed E-state index contributed by atoms with van der Waals surface area (Å²) in [6, 6.07) is 17.3. The predicted molar refractivity (Wildman–Crippen MR) is 126 cm³/mol. The maximum absolute atomic E-state index is 12.7. The van der Waals surface area contributed by atoms with E-state index in [0.29, 0.717) is 23.1 Å². The van der Waals surface area contributed by atoms with E-state index < -0.39 is 23.7 Å². The Kier molecular flexibility index (Phi) is 6.32. The van der Waals surface area contributed by atoms with Gasteiger partial charge in [-0.15, -0.1) is 0 Å². The highest BCUT2D eigenvalue weighted by molar-refractivity contribution is 5.97. The molecule has 0 aliphatic rings. The van der Waals surface area contributed by atoms with Gasteiger partial charge in [0, 0.05) is 29.3 Å². The lowest BCUT2D eigenvalue weighted by molar-refractivity contribution is 0.0502. The molecule has 0 fully saturated rings. The highest BCUT2D eigenvalue weighted by Gasteiger charge is 2.25. The number of carboxylic acids is 1. The molecular formula is C26H25N3O5. The van der Waals surface area contributed by atoms with E-state index in [1.165, 1.54) is 12.1 Å². The molecule has 0 saturated carbocycles. The van der Waals surface area contributed by atoms with Crippen LogP contribution in [-0.4, -0.2) is 32.9 Å². The largest absolute Gasteiger partial charge is 0.478 e. The minimum atomic E-state index is -1.04. The number of amides is 1. The fourth-order valence-corrected chi connectivity index (χ4v) is 3.70. The van der Waals surface area contributed by atoms with E-state index in [4.69, 9.17) is 9.26 Å². The zero-order chi connectivity index (χ0) is 24.3. The molecule has 0 spiro atoms. The van der Waals surface area contributed by atoms with Crippen molar-refractivity contribution in [1.82, 2.24) is 15.5 Å². The van der Waals surface area contributed by atoms with Gasteiger partial charge in [-0.25, -0.2) is 9.59 Å². The van der Waals surface area contributed by atoms with Crippen LogP contribution < -0.4 is 5.32 Å². The Hall–Kier alpha value is -4.20. The molecule has 1 amide bonds. The third kappa shape index (κ3) is 5.23. The molecule has 4 rings (SSSR count). The van der Waals surface area contributed by atoms with E-state index >= 15 is 0 Å². The third-order valence-electron chi connectivity index (χ3n) is 5.14. The molecule has 0 aliphatic carbocycles. The van der Waals surface area contributed by atoms with E-state index in [-0.39, 0.29) is 5.56 Å². The first-order valence-electron chi connectivity index (χ1n) is 10.8. The van der Waals surface area contributed by atoms with E-state index in [1.807, 2.05) is 42.5 Å². The zero-order valence-corrected chi connectivity index (χ0v) is 19.1. The van der Waals surface area contributed by atoms with Gasteiger partial charge >= 0.3 is 12.1 Å². The van der Waals surface area contributed by atoms with Crippen molar-refractivity contribution in [2.24, 2.45) is 0 Å². The van der Waals surface area contributed by atoms with Crippen LogP contribution in [0, 0.1) is 0 Å². The predicted octanol–water partition coefficient (Wildman–Crippen LogP) is 5.40. The SMILES string of the molecule is CC(C)(C)OC(=O)NC(Cc1ccccn1)c1ccccc1-c1noc2cc(C(=O)O)ccc12. The highest BCUT2D eigenvalue weighted by Crippen LogP contribution is 2.34. The van der Waals surface area contributed by atoms with Gasteiger partial charge in [-0.1, -0.05) is 35.5 Å². The molecule has 4 aromatic rings. The molecule has 2 aromatic heterocycles. The number of rotatable bonds is 6. The molecule has 0 bridgehead atoms. The standard InChI is InChI=1S/C26H25N3O5/c1-26(2,3)33-25(32)28-21(15-17-8-6-7-13-27-17)18-9-4-5-10-19(18)23-20-12-11-16(24(30)31)14-22(20)34-29-23/h4-14,21H,15H2,1-3H3,(H,28,32)(H,30,31). The lowest BCUT2D eigenvalue weighted by Gasteiger charge is -2.25. The highest BCUT2D eigenvalue weighted by atomic mass is 16.6. The maximum Gasteiger partial charge on any atom is 0.408 e.